The van der Waals surface area contributed by atoms with Gasteiger partial charge in [-0.2, -0.15) is 0 Å². The summed E-state index contributed by atoms with van der Waals surface area (Å²) in [5, 5.41) is 6.25. The third-order valence-electron chi connectivity index (χ3n) is 4.50. The number of carbonyl (C=O) groups excluding carboxylic acids is 1. The zero-order valence-corrected chi connectivity index (χ0v) is 14.2. The van der Waals surface area contributed by atoms with Crippen molar-refractivity contribution in [1.29, 1.82) is 0 Å². The highest BCUT2D eigenvalue weighted by molar-refractivity contribution is 5.94. The van der Waals surface area contributed by atoms with E-state index < -0.39 is 0 Å². The second-order valence-corrected chi connectivity index (χ2v) is 6.36. The van der Waals surface area contributed by atoms with E-state index in [1.54, 1.807) is 7.05 Å². The number of anilines is 1. The Labute approximate surface area is 143 Å². The van der Waals surface area contributed by atoms with Crippen LogP contribution in [0.2, 0.25) is 0 Å². The highest BCUT2D eigenvalue weighted by Crippen LogP contribution is 2.18. The molecule has 0 aromatic heterocycles. The zero-order valence-electron chi connectivity index (χ0n) is 14.2. The Morgan fingerprint density at radius 1 is 1.12 bits per heavy atom. The van der Waals surface area contributed by atoms with Gasteiger partial charge in [-0.15, -0.1) is 0 Å². The molecular formula is C20H25N3O. The van der Waals surface area contributed by atoms with Crippen LogP contribution in [0.25, 0.3) is 0 Å². The van der Waals surface area contributed by atoms with E-state index in [1.807, 2.05) is 24.3 Å². The van der Waals surface area contributed by atoms with Crippen LogP contribution >= 0.6 is 0 Å². The fraction of sp³-hybridized carbons (Fsp3) is 0.350. The molecule has 1 aliphatic heterocycles. The molecule has 4 nitrogen and oxygen atoms in total. The van der Waals surface area contributed by atoms with E-state index in [2.05, 4.69) is 45.9 Å². The molecule has 0 spiro atoms. The van der Waals surface area contributed by atoms with Gasteiger partial charge >= 0.3 is 0 Å². The summed E-state index contributed by atoms with van der Waals surface area (Å²) in [5.74, 6) is -0.0479. The molecule has 0 aliphatic carbocycles. The first kappa shape index (κ1) is 16.5. The lowest BCUT2D eigenvalue weighted by atomic mass is 10.0. The normalized spacial score (nSPS) is 18.1. The monoisotopic (exact) mass is 323 g/mol. The number of hydrogen-bond acceptors (Lipinski definition) is 3. The Balaban J connectivity index is 1.56. The fourth-order valence-electron chi connectivity index (χ4n) is 3.26. The van der Waals surface area contributed by atoms with Crippen molar-refractivity contribution in [2.24, 2.45) is 0 Å². The van der Waals surface area contributed by atoms with Gasteiger partial charge in [0, 0.05) is 37.4 Å². The van der Waals surface area contributed by atoms with Crippen LogP contribution in [0.5, 0.6) is 0 Å². The Bertz CT molecular complexity index is 654. The van der Waals surface area contributed by atoms with Crippen LogP contribution in [-0.4, -0.2) is 37.0 Å². The van der Waals surface area contributed by atoms with E-state index >= 15 is 0 Å². The van der Waals surface area contributed by atoms with Crippen molar-refractivity contribution in [1.82, 2.24) is 10.2 Å². The van der Waals surface area contributed by atoms with Crippen LogP contribution in [-0.2, 0) is 6.54 Å². The minimum atomic E-state index is -0.0479. The molecular weight excluding hydrogens is 298 g/mol. The summed E-state index contributed by atoms with van der Waals surface area (Å²) in [6.45, 7) is 3.21. The lowest BCUT2D eigenvalue weighted by Crippen LogP contribution is -2.41. The van der Waals surface area contributed by atoms with Crippen molar-refractivity contribution in [2.45, 2.75) is 25.4 Å². The smallest absolute Gasteiger partial charge is 0.251 e. The second kappa shape index (κ2) is 7.97. The molecule has 0 bridgehead atoms. The van der Waals surface area contributed by atoms with Crippen molar-refractivity contribution < 1.29 is 4.79 Å². The largest absolute Gasteiger partial charge is 0.381 e. The van der Waals surface area contributed by atoms with E-state index in [4.69, 9.17) is 0 Å². The topological polar surface area (TPSA) is 44.4 Å². The Morgan fingerprint density at radius 2 is 1.88 bits per heavy atom. The van der Waals surface area contributed by atoms with Gasteiger partial charge in [-0.3, -0.25) is 9.69 Å². The minimum absolute atomic E-state index is 0.0479. The predicted octanol–water partition coefficient (Wildman–Crippen LogP) is 3.12. The van der Waals surface area contributed by atoms with Crippen molar-refractivity contribution in [3.8, 4) is 0 Å². The summed E-state index contributed by atoms with van der Waals surface area (Å²) in [6, 6.07) is 18.8. The summed E-state index contributed by atoms with van der Waals surface area (Å²) < 4.78 is 0. The summed E-state index contributed by atoms with van der Waals surface area (Å²) in [5.41, 5.74) is 3.14. The first-order chi connectivity index (χ1) is 11.7. The fourth-order valence-corrected chi connectivity index (χ4v) is 3.26. The maximum absolute atomic E-state index is 11.6. The number of amides is 1. The highest BCUT2D eigenvalue weighted by atomic mass is 16.1. The Morgan fingerprint density at radius 3 is 2.58 bits per heavy atom. The van der Waals surface area contributed by atoms with Gasteiger partial charge in [0.05, 0.1) is 0 Å². The Hall–Kier alpha value is -2.33. The third-order valence-corrected chi connectivity index (χ3v) is 4.50. The maximum Gasteiger partial charge on any atom is 0.251 e. The molecule has 1 amide bonds. The molecule has 0 radical (unpaired) electrons. The molecule has 4 heteroatoms. The molecule has 1 unspecified atom stereocenters. The van der Waals surface area contributed by atoms with E-state index in [0.717, 1.165) is 25.3 Å². The molecule has 126 valence electrons. The van der Waals surface area contributed by atoms with Crippen LogP contribution < -0.4 is 10.6 Å². The van der Waals surface area contributed by atoms with E-state index in [1.165, 1.54) is 18.4 Å². The third kappa shape index (κ3) is 4.36. The van der Waals surface area contributed by atoms with Gasteiger partial charge in [0.2, 0.25) is 0 Å². The minimum Gasteiger partial charge on any atom is -0.381 e. The van der Waals surface area contributed by atoms with Gasteiger partial charge in [-0.25, -0.2) is 0 Å². The van der Waals surface area contributed by atoms with Crippen molar-refractivity contribution in [3.63, 3.8) is 0 Å². The first-order valence-corrected chi connectivity index (χ1v) is 8.59. The lowest BCUT2D eigenvalue weighted by molar-refractivity contribution is 0.0963. The molecule has 2 aromatic rings. The lowest BCUT2D eigenvalue weighted by Gasteiger charge is -2.33. The average Bonchev–Trinajstić information content (AvgIpc) is 2.63. The molecule has 2 N–H and O–H groups in total. The maximum atomic E-state index is 11.6. The van der Waals surface area contributed by atoms with E-state index in [9.17, 15) is 4.79 Å². The molecule has 1 saturated heterocycles. The number of likely N-dealkylation sites (tertiary alicyclic amines) is 1. The number of rotatable bonds is 5. The van der Waals surface area contributed by atoms with Gasteiger partial charge in [-0.05, 0) is 49.2 Å². The van der Waals surface area contributed by atoms with Gasteiger partial charge in [0.15, 0.2) is 0 Å². The Kier molecular flexibility index (Phi) is 5.49. The number of benzene rings is 2. The van der Waals surface area contributed by atoms with Gasteiger partial charge in [-0.1, -0.05) is 30.3 Å². The van der Waals surface area contributed by atoms with Crippen LogP contribution in [0.15, 0.2) is 54.6 Å². The molecule has 1 atom stereocenters. The van der Waals surface area contributed by atoms with Gasteiger partial charge in [0.25, 0.3) is 5.91 Å². The van der Waals surface area contributed by atoms with Crippen molar-refractivity contribution in [2.75, 3.05) is 25.5 Å². The number of nitrogens with zero attached hydrogens (tertiary/aromatic N) is 1. The summed E-state index contributed by atoms with van der Waals surface area (Å²) in [7, 11) is 1.65. The standard InChI is InChI=1S/C20H25N3O/c1-21-20(24)17-9-11-18(12-10-17)22-19-8-5-13-23(15-19)14-16-6-3-2-4-7-16/h2-4,6-7,9-12,19,22H,5,8,13-15H2,1H3,(H,21,24). The molecule has 3 rings (SSSR count). The number of nitrogens with one attached hydrogen (secondary N) is 2. The zero-order chi connectivity index (χ0) is 16.8. The summed E-state index contributed by atoms with van der Waals surface area (Å²) >= 11 is 0. The van der Waals surface area contributed by atoms with Crippen LogP contribution in [0.1, 0.15) is 28.8 Å². The molecule has 1 fully saturated rings. The summed E-state index contributed by atoms with van der Waals surface area (Å²) in [6.07, 6.45) is 2.39. The summed E-state index contributed by atoms with van der Waals surface area (Å²) in [4.78, 5) is 14.1. The van der Waals surface area contributed by atoms with Crippen molar-refractivity contribution >= 4 is 11.6 Å². The van der Waals surface area contributed by atoms with Crippen LogP contribution in [0, 0.1) is 0 Å². The van der Waals surface area contributed by atoms with Gasteiger partial charge in [0.1, 0.15) is 0 Å². The SMILES string of the molecule is CNC(=O)c1ccc(NC2CCCN(Cc3ccccc3)C2)cc1. The number of hydrogen-bond donors (Lipinski definition) is 2. The molecule has 1 aliphatic rings. The van der Waals surface area contributed by atoms with Crippen LogP contribution in [0.4, 0.5) is 5.69 Å². The van der Waals surface area contributed by atoms with E-state index in [0.29, 0.717) is 11.6 Å². The molecule has 24 heavy (non-hydrogen) atoms. The first-order valence-electron chi connectivity index (χ1n) is 8.59. The second-order valence-electron chi connectivity index (χ2n) is 6.36. The quantitative estimate of drug-likeness (QED) is 0.888. The van der Waals surface area contributed by atoms with E-state index in [-0.39, 0.29) is 5.91 Å². The van der Waals surface area contributed by atoms with Crippen LogP contribution in [0.3, 0.4) is 0 Å². The van der Waals surface area contributed by atoms with Crippen molar-refractivity contribution in [3.05, 3.63) is 65.7 Å². The highest BCUT2D eigenvalue weighted by Gasteiger charge is 2.19. The van der Waals surface area contributed by atoms with Gasteiger partial charge < -0.3 is 10.6 Å². The number of carbonyl (C=O) groups is 1. The molecule has 1 heterocycles. The average molecular weight is 323 g/mol. The molecule has 2 aromatic carbocycles. The predicted molar refractivity (Wildman–Crippen MR) is 98.2 cm³/mol. The molecule has 0 saturated carbocycles. The number of piperidine rings is 1.